The number of hydrogen-bond donors (Lipinski definition) is 2. The highest BCUT2D eigenvalue weighted by Crippen LogP contribution is 2.23. The minimum Gasteiger partial charge on any atom is -0.361 e. The predicted octanol–water partition coefficient (Wildman–Crippen LogP) is 4.21. The van der Waals surface area contributed by atoms with E-state index in [0.29, 0.717) is 6.42 Å². The van der Waals surface area contributed by atoms with E-state index in [4.69, 9.17) is 0 Å². The van der Waals surface area contributed by atoms with E-state index >= 15 is 0 Å². The number of amides is 1. The van der Waals surface area contributed by atoms with Gasteiger partial charge in [-0.3, -0.25) is 9.78 Å². The molecular weight excluding hydrogens is 298 g/mol. The first-order chi connectivity index (χ1) is 11.7. The zero-order chi connectivity index (χ0) is 16.5. The fraction of sp³-hybridized carbons (Fsp3) is 0.100. The average molecular weight is 315 g/mol. The van der Waals surface area contributed by atoms with Crippen molar-refractivity contribution in [3.05, 3.63) is 72.1 Å². The molecule has 0 spiro atoms. The van der Waals surface area contributed by atoms with Crippen LogP contribution in [0.5, 0.6) is 0 Å². The van der Waals surface area contributed by atoms with E-state index in [9.17, 15) is 4.79 Å². The number of nitrogens with zero attached hydrogens (tertiary/aromatic N) is 1. The first-order valence-corrected chi connectivity index (χ1v) is 7.92. The predicted molar refractivity (Wildman–Crippen MR) is 97.1 cm³/mol. The van der Waals surface area contributed by atoms with Gasteiger partial charge >= 0.3 is 0 Å². The van der Waals surface area contributed by atoms with Crippen molar-refractivity contribution in [3.63, 3.8) is 0 Å². The Kier molecular flexibility index (Phi) is 3.50. The quantitative estimate of drug-likeness (QED) is 0.595. The second kappa shape index (κ2) is 5.81. The molecule has 4 nitrogen and oxygen atoms in total. The molecule has 2 heterocycles. The fourth-order valence-corrected chi connectivity index (χ4v) is 3.01. The van der Waals surface area contributed by atoms with Gasteiger partial charge in [0, 0.05) is 28.2 Å². The van der Waals surface area contributed by atoms with Crippen molar-refractivity contribution >= 4 is 33.4 Å². The van der Waals surface area contributed by atoms with Crippen LogP contribution in [0, 0.1) is 6.92 Å². The summed E-state index contributed by atoms with van der Waals surface area (Å²) < 4.78 is 0. The van der Waals surface area contributed by atoms with Gasteiger partial charge in [0.15, 0.2) is 0 Å². The van der Waals surface area contributed by atoms with Crippen LogP contribution in [0.25, 0.3) is 21.8 Å². The standard InChI is InChI=1S/C20H17N3O/c1-13-9-10-16-18(22-13)7-4-8-19(16)23-20(24)11-14-12-21-17-6-3-2-5-15(14)17/h2-10,12,21H,11H2,1H3,(H,23,24). The van der Waals surface area contributed by atoms with Gasteiger partial charge in [0.1, 0.15) is 0 Å². The molecule has 2 N–H and O–H groups in total. The van der Waals surface area contributed by atoms with Gasteiger partial charge in [-0.25, -0.2) is 0 Å². The number of pyridine rings is 1. The van der Waals surface area contributed by atoms with E-state index in [2.05, 4.69) is 15.3 Å². The molecule has 118 valence electrons. The number of benzene rings is 2. The van der Waals surface area contributed by atoms with Gasteiger partial charge in [-0.1, -0.05) is 24.3 Å². The van der Waals surface area contributed by atoms with Crippen LogP contribution in [0.2, 0.25) is 0 Å². The van der Waals surface area contributed by atoms with Gasteiger partial charge < -0.3 is 10.3 Å². The summed E-state index contributed by atoms with van der Waals surface area (Å²) in [7, 11) is 0. The second-order valence-electron chi connectivity index (χ2n) is 5.91. The Morgan fingerprint density at radius 1 is 1.04 bits per heavy atom. The molecule has 0 aliphatic rings. The molecule has 0 saturated carbocycles. The van der Waals surface area contributed by atoms with Crippen molar-refractivity contribution in [3.8, 4) is 0 Å². The van der Waals surface area contributed by atoms with Crippen LogP contribution in [-0.2, 0) is 11.2 Å². The van der Waals surface area contributed by atoms with E-state index in [1.807, 2.05) is 67.7 Å². The first kappa shape index (κ1) is 14.5. The van der Waals surface area contributed by atoms with E-state index in [1.54, 1.807) is 0 Å². The highest BCUT2D eigenvalue weighted by molar-refractivity contribution is 6.02. The summed E-state index contributed by atoms with van der Waals surface area (Å²) in [5.41, 5.74) is 4.69. The van der Waals surface area contributed by atoms with Crippen molar-refractivity contribution < 1.29 is 4.79 Å². The van der Waals surface area contributed by atoms with Crippen LogP contribution in [0.3, 0.4) is 0 Å². The number of nitrogens with one attached hydrogen (secondary N) is 2. The Morgan fingerprint density at radius 2 is 1.92 bits per heavy atom. The molecule has 2 aromatic heterocycles. The Morgan fingerprint density at radius 3 is 2.83 bits per heavy atom. The third-order valence-corrected chi connectivity index (χ3v) is 4.17. The Hall–Kier alpha value is -3.14. The van der Waals surface area contributed by atoms with Gasteiger partial charge in [-0.2, -0.15) is 0 Å². The lowest BCUT2D eigenvalue weighted by molar-refractivity contribution is -0.115. The van der Waals surface area contributed by atoms with Crippen LogP contribution in [-0.4, -0.2) is 15.9 Å². The summed E-state index contributed by atoms with van der Waals surface area (Å²) in [6.45, 7) is 1.96. The fourth-order valence-electron chi connectivity index (χ4n) is 3.01. The van der Waals surface area contributed by atoms with E-state index in [0.717, 1.165) is 38.8 Å². The number of aromatic nitrogens is 2. The topological polar surface area (TPSA) is 57.8 Å². The van der Waals surface area contributed by atoms with Gasteiger partial charge in [0.05, 0.1) is 17.6 Å². The lowest BCUT2D eigenvalue weighted by Gasteiger charge is -2.08. The van der Waals surface area contributed by atoms with Crippen LogP contribution in [0.4, 0.5) is 5.69 Å². The highest BCUT2D eigenvalue weighted by atomic mass is 16.1. The molecule has 0 unspecified atom stereocenters. The third-order valence-electron chi connectivity index (χ3n) is 4.17. The molecule has 0 aliphatic carbocycles. The Labute approximate surface area is 139 Å². The average Bonchev–Trinajstić information content (AvgIpc) is 2.98. The molecule has 0 fully saturated rings. The summed E-state index contributed by atoms with van der Waals surface area (Å²) in [5.74, 6) is -0.0344. The van der Waals surface area contributed by atoms with Crippen molar-refractivity contribution in [1.29, 1.82) is 0 Å². The van der Waals surface area contributed by atoms with E-state index in [-0.39, 0.29) is 5.91 Å². The Bertz CT molecular complexity index is 1050. The van der Waals surface area contributed by atoms with Crippen LogP contribution in [0.15, 0.2) is 60.8 Å². The second-order valence-corrected chi connectivity index (χ2v) is 5.91. The smallest absolute Gasteiger partial charge is 0.228 e. The summed E-state index contributed by atoms with van der Waals surface area (Å²) >= 11 is 0. The molecule has 4 heteroatoms. The maximum atomic E-state index is 12.5. The number of rotatable bonds is 3. The van der Waals surface area contributed by atoms with Gasteiger partial charge in [-0.05, 0) is 42.8 Å². The zero-order valence-electron chi connectivity index (χ0n) is 13.3. The van der Waals surface area contributed by atoms with Crippen molar-refractivity contribution in [2.75, 3.05) is 5.32 Å². The van der Waals surface area contributed by atoms with Gasteiger partial charge in [-0.15, -0.1) is 0 Å². The van der Waals surface area contributed by atoms with Gasteiger partial charge in [0.2, 0.25) is 5.91 Å². The Balaban J connectivity index is 1.60. The van der Waals surface area contributed by atoms with E-state index in [1.165, 1.54) is 0 Å². The number of anilines is 1. The number of aryl methyl sites for hydroxylation is 1. The number of carbonyl (C=O) groups is 1. The summed E-state index contributed by atoms with van der Waals surface area (Å²) in [6.07, 6.45) is 2.23. The minimum absolute atomic E-state index is 0.0344. The maximum absolute atomic E-state index is 12.5. The normalized spacial score (nSPS) is 11.0. The summed E-state index contributed by atoms with van der Waals surface area (Å²) in [4.78, 5) is 20.2. The van der Waals surface area contributed by atoms with Crippen molar-refractivity contribution in [2.45, 2.75) is 13.3 Å². The van der Waals surface area contributed by atoms with Crippen molar-refractivity contribution in [1.82, 2.24) is 9.97 Å². The summed E-state index contributed by atoms with van der Waals surface area (Å²) in [6, 6.07) is 17.7. The molecule has 0 bridgehead atoms. The molecule has 4 rings (SSSR count). The van der Waals surface area contributed by atoms with Gasteiger partial charge in [0.25, 0.3) is 0 Å². The first-order valence-electron chi connectivity index (χ1n) is 7.92. The molecular formula is C20H17N3O. The highest BCUT2D eigenvalue weighted by Gasteiger charge is 2.10. The molecule has 0 radical (unpaired) electrons. The molecule has 0 aliphatic heterocycles. The number of aromatic amines is 1. The van der Waals surface area contributed by atoms with Crippen LogP contribution < -0.4 is 5.32 Å². The number of para-hydroxylation sites is 1. The summed E-state index contributed by atoms with van der Waals surface area (Å²) in [5, 5.41) is 5.05. The lowest BCUT2D eigenvalue weighted by atomic mass is 10.1. The number of H-pyrrole nitrogens is 1. The molecule has 0 atom stereocenters. The lowest BCUT2D eigenvalue weighted by Crippen LogP contribution is -2.14. The number of hydrogen-bond acceptors (Lipinski definition) is 2. The SMILES string of the molecule is Cc1ccc2c(NC(=O)Cc3c[nH]c4ccccc34)cccc2n1. The molecule has 4 aromatic rings. The van der Waals surface area contributed by atoms with Crippen LogP contribution in [0.1, 0.15) is 11.3 Å². The molecule has 0 saturated heterocycles. The molecule has 1 amide bonds. The molecule has 2 aromatic carbocycles. The molecule has 24 heavy (non-hydrogen) atoms. The van der Waals surface area contributed by atoms with Crippen LogP contribution >= 0.6 is 0 Å². The zero-order valence-corrected chi connectivity index (χ0v) is 13.3. The number of fused-ring (bicyclic) bond motifs is 2. The minimum atomic E-state index is -0.0344. The number of carbonyl (C=O) groups excluding carboxylic acids is 1. The third kappa shape index (κ3) is 2.63. The maximum Gasteiger partial charge on any atom is 0.228 e. The van der Waals surface area contributed by atoms with Crippen molar-refractivity contribution in [2.24, 2.45) is 0 Å². The monoisotopic (exact) mass is 315 g/mol. The van der Waals surface area contributed by atoms with E-state index < -0.39 is 0 Å². The largest absolute Gasteiger partial charge is 0.361 e.